The first-order chi connectivity index (χ1) is 27.3. The zero-order chi connectivity index (χ0) is 36.3. The van der Waals surface area contributed by atoms with Crippen molar-refractivity contribution in [1.82, 2.24) is 0 Å². The van der Waals surface area contributed by atoms with Crippen molar-refractivity contribution in [2.45, 2.75) is 0 Å². The average molecular weight is 736 g/mol. The molecule has 55 heavy (non-hydrogen) atoms. The fourth-order valence-corrected chi connectivity index (χ4v) is 10.6. The molecule has 11 rings (SSSR count). The summed E-state index contributed by atoms with van der Waals surface area (Å²) in [4.78, 5) is 2.45. The average Bonchev–Trinajstić information content (AvgIpc) is 3.83. The standard InChI is InChI=1S/C52H33NS2/c1-2-13-36-32-37(27-26-34(36)12-1)35-28-30-39(31-29-35)53(40-15-9-14-38(33-40)41-19-10-24-49-51(41)44-17-4-7-22-47(44)54-49)46-21-6-3-16-42(46)43-20-11-25-50-52(43)45-18-5-8-23-48(45)55-50/h1-33H. The van der Waals surface area contributed by atoms with E-state index in [1.54, 1.807) is 0 Å². The fourth-order valence-electron chi connectivity index (χ4n) is 8.32. The van der Waals surface area contributed by atoms with Gasteiger partial charge in [-0.15, -0.1) is 22.7 Å². The van der Waals surface area contributed by atoms with Crippen LogP contribution in [0.15, 0.2) is 200 Å². The van der Waals surface area contributed by atoms with Gasteiger partial charge in [0.25, 0.3) is 0 Å². The molecule has 0 bridgehead atoms. The predicted molar refractivity (Wildman–Crippen MR) is 241 cm³/mol. The smallest absolute Gasteiger partial charge is 0.0540 e. The highest BCUT2D eigenvalue weighted by Gasteiger charge is 2.21. The van der Waals surface area contributed by atoms with E-state index in [-0.39, 0.29) is 0 Å². The third kappa shape index (κ3) is 5.43. The van der Waals surface area contributed by atoms with E-state index < -0.39 is 0 Å². The Balaban J connectivity index is 1.11. The fraction of sp³-hybridized carbons (Fsp3) is 0. The molecule has 258 valence electrons. The highest BCUT2D eigenvalue weighted by atomic mass is 32.1. The number of hydrogen-bond donors (Lipinski definition) is 0. The first-order valence-corrected chi connectivity index (χ1v) is 20.3. The van der Waals surface area contributed by atoms with E-state index in [0.29, 0.717) is 0 Å². The van der Waals surface area contributed by atoms with Gasteiger partial charge in [-0.05, 0) is 99.3 Å². The Kier molecular flexibility index (Phi) is 7.61. The number of anilines is 3. The molecule has 0 radical (unpaired) electrons. The summed E-state index contributed by atoms with van der Waals surface area (Å²) >= 11 is 3.73. The minimum absolute atomic E-state index is 1.11. The topological polar surface area (TPSA) is 3.24 Å². The second-order valence-corrected chi connectivity index (χ2v) is 16.2. The number of benzene rings is 9. The molecule has 0 fully saturated rings. The molecule has 0 aliphatic carbocycles. The van der Waals surface area contributed by atoms with Gasteiger partial charge in [0.15, 0.2) is 0 Å². The van der Waals surface area contributed by atoms with Crippen molar-refractivity contribution in [3.05, 3.63) is 200 Å². The van der Waals surface area contributed by atoms with Crippen LogP contribution in [0.2, 0.25) is 0 Å². The van der Waals surface area contributed by atoms with Gasteiger partial charge in [-0.3, -0.25) is 0 Å². The molecule has 2 heterocycles. The van der Waals surface area contributed by atoms with Gasteiger partial charge in [0.05, 0.1) is 5.69 Å². The number of rotatable bonds is 6. The Morgan fingerprint density at radius 1 is 0.309 bits per heavy atom. The Bertz CT molecular complexity index is 3220. The molecular weight excluding hydrogens is 703 g/mol. The van der Waals surface area contributed by atoms with Crippen LogP contribution in [-0.4, -0.2) is 0 Å². The van der Waals surface area contributed by atoms with E-state index in [1.165, 1.54) is 84.5 Å². The van der Waals surface area contributed by atoms with Crippen molar-refractivity contribution in [3.8, 4) is 33.4 Å². The Morgan fingerprint density at radius 2 is 0.873 bits per heavy atom. The van der Waals surface area contributed by atoms with Gasteiger partial charge in [-0.25, -0.2) is 0 Å². The second kappa shape index (κ2) is 13.1. The Labute approximate surface area is 327 Å². The molecule has 9 aromatic carbocycles. The molecule has 0 spiro atoms. The van der Waals surface area contributed by atoms with E-state index in [1.807, 2.05) is 22.7 Å². The maximum Gasteiger partial charge on any atom is 0.0540 e. The first-order valence-electron chi connectivity index (χ1n) is 18.7. The van der Waals surface area contributed by atoms with Crippen LogP contribution < -0.4 is 4.90 Å². The summed E-state index contributed by atoms with van der Waals surface area (Å²) in [6.45, 7) is 0. The van der Waals surface area contributed by atoms with Gasteiger partial charge < -0.3 is 4.90 Å². The number of nitrogens with zero attached hydrogens (tertiary/aromatic N) is 1. The molecule has 0 aliphatic heterocycles. The zero-order valence-corrected chi connectivity index (χ0v) is 31.4. The molecule has 0 amide bonds. The largest absolute Gasteiger partial charge is 0.310 e. The Hall–Kier alpha value is -6.52. The lowest BCUT2D eigenvalue weighted by Crippen LogP contribution is -2.11. The van der Waals surface area contributed by atoms with E-state index >= 15 is 0 Å². The van der Waals surface area contributed by atoms with Crippen molar-refractivity contribution < 1.29 is 0 Å². The van der Waals surface area contributed by atoms with Crippen LogP contribution >= 0.6 is 22.7 Å². The molecule has 0 atom stereocenters. The van der Waals surface area contributed by atoms with Gasteiger partial charge in [0, 0.05) is 57.3 Å². The molecule has 0 unspecified atom stereocenters. The van der Waals surface area contributed by atoms with Gasteiger partial charge in [0.1, 0.15) is 0 Å². The third-order valence-corrected chi connectivity index (χ3v) is 13.1. The quantitative estimate of drug-likeness (QED) is 0.164. The SMILES string of the molecule is c1cc(-c2cccc3sc4ccccc4c23)cc(N(c2ccc(-c3ccc4ccccc4c3)cc2)c2ccccc2-c2cccc3sc4ccccc4c23)c1. The highest BCUT2D eigenvalue weighted by molar-refractivity contribution is 7.26. The van der Waals surface area contributed by atoms with Crippen LogP contribution in [0, 0.1) is 0 Å². The van der Waals surface area contributed by atoms with Crippen LogP contribution in [0.1, 0.15) is 0 Å². The van der Waals surface area contributed by atoms with E-state index in [9.17, 15) is 0 Å². The molecule has 3 heteroatoms. The lowest BCUT2D eigenvalue weighted by atomic mass is 9.96. The first kappa shape index (κ1) is 32.0. The minimum atomic E-state index is 1.11. The summed E-state index contributed by atoms with van der Waals surface area (Å²) in [5.74, 6) is 0. The molecule has 0 saturated carbocycles. The second-order valence-electron chi connectivity index (χ2n) is 14.1. The van der Waals surface area contributed by atoms with Crippen molar-refractivity contribution in [2.75, 3.05) is 4.90 Å². The van der Waals surface area contributed by atoms with E-state index in [0.717, 1.165) is 17.1 Å². The molecule has 11 aromatic rings. The minimum Gasteiger partial charge on any atom is -0.310 e. The summed E-state index contributed by atoms with van der Waals surface area (Å²) in [5, 5.41) is 7.75. The van der Waals surface area contributed by atoms with Crippen molar-refractivity contribution in [1.29, 1.82) is 0 Å². The molecule has 0 N–H and O–H groups in total. The maximum absolute atomic E-state index is 2.45. The van der Waals surface area contributed by atoms with Crippen LogP contribution in [0.25, 0.3) is 84.5 Å². The number of thiophene rings is 2. The van der Waals surface area contributed by atoms with Gasteiger partial charge in [-0.1, -0.05) is 140 Å². The molecule has 0 aliphatic rings. The van der Waals surface area contributed by atoms with E-state index in [4.69, 9.17) is 0 Å². The molecule has 0 saturated heterocycles. The maximum atomic E-state index is 2.45. The monoisotopic (exact) mass is 735 g/mol. The summed E-state index contributed by atoms with van der Waals surface area (Å²) in [5.41, 5.74) is 10.7. The van der Waals surface area contributed by atoms with Crippen LogP contribution in [0.3, 0.4) is 0 Å². The Morgan fingerprint density at radius 3 is 1.64 bits per heavy atom. The lowest BCUT2D eigenvalue weighted by molar-refractivity contribution is 1.28. The van der Waals surface area contributed by atoms with Gasteiger partial charge in [-0.2, -0.15) is 0 Å². The molecule has 1 nitrogen and oxygen atoms in total. The number of fused-ring (bicyclic) bond motifs is 7. The number of hydrogen-bond acceptors (Lipinski definition) is 3. The molecular formula is C52H33NS2. The normalized spacial score (nSPS) is 11.6. The van der Waals surface area contributed by atoms with Crippen LogP contribution in [0.5, 0.6) is 0 Å². The van der Waals surface area contributed by atoms with Crippen LogP contribution in [-0.2, 0) is 0 Å². The van der Waals surface area contributed by atoms with Crippen LogP contribution in [0.4, 0.5) is 17.1 Å². The summed E-state index contributed by atoms with van der Waals surface area (Å²) in [6.07, 6.45) is 0. The summed E-state index contributed by atoms with van der Waals surface area (Å²) in [6, 6.07) is 73.5. The zero-order valence-electron chi connectivity index (χ0n) is 29.8. The highest BCUT2D eigenvalue weighted by Crippen LogP contribution is 2.47. The van der Waals surface area contributed by atoms with Crippen molar-refractivity contribution >= 4 is 90.9 Å². The molecule has 2 aromatic heterocycles. The van der Waals surface area contributed by atoms with Gasteiger partial charge in [0.2, 0.25) is 0 Å². The lowest BCUT2D eigenvalue weighted by Gasteiger charge is -2.29. The van der Waals surface area contributed by atoms with Gasteiger partial charge >= 0.3 is 0 Å². The number of para-hydroxylation sites is 1. The predicted octanol–water partition coefficient (Wildman–Crippen LogP) is 16.0. The van der Waals surface area contributed by atoms with E-state index in [2.05, 4.69) is 205 Å². The summed E-state index contributed by atoms with van der Waals surface area (Å²) in [7, 11) is 0. The third-order valence-electron chi connectivity index (χ3n) is 10.9. The van der Waals surface area contributed by atoms with Crippen molar-refractivity contribution in [3.63, 3.8) is 0 Å². The summed E-state index contributed by atoms with van der Waals surface area (Å²) < 4.78 is 5.24. The van der Waals surface area contributed by atoms with Crippen molar-refractivity contribution in [2.24, 2.45) is 0 Å².